The molecule has 0 aliphatic rings. The molecule has 0 saturated heterocycles. The number of thiazole rings is 1. The largest absolute Gasteiger partial charge is 0.481 e. The first-order chi connectivity index (χ1) is 8.56. The van der Waals surface area contributed by atoms with Crippen molar-refractivity contribution < 1.29 is 9.90 Å². The lowest BCUT2D eigenvalue weighted by Crippen LogP contribution is -1.97. The standard InChI is InChI=1S/C12H9Br2NO2S/c13-9-3-1-7(5-10(9)14)12-15-8(6-18-12)2-4-11(16)17/h1,3,5-6H,2,4H2,(H,16,17). The highest BCUT2D eigenvalue weighted by atomic mass is 79.9. The number of aryl methyl sites for hydroxylation is 1. The minimum absolute atomic E-state index is 0.118. The van der Waals surface area contributed by atoms with Crippen LogP contribution >= 0.6 is 43.2 Å². The zero-order valence-electron chi connectivity index (χ0n) is 9.19. The van der Waals surface area contributed by atoms with E-state index in [1.807, 2.05) is 23.6 Å². The van der Waals surface area contributed by atoms with E-state index in [-0.39, 0.29) is 6.42 Å². The number of aromatic nitrogens is 1. The number of benzene rings is 1. The molecule has 94 valence electrons. The van der Waals surface area contributed by atoms with Crippen molar-refractivity contribution in [2.45, 2.75) is 12.8 Å². The Morgan fingerprint density at radius 3 is 2.78 bits per heavy atom. The molecule has 0 spiro atoms. The van der Waals surface area contributed by atoms with Gasteiger partial charge in [-0.05, 0) is 44.0 Å². The monoisotopic (exact) mass is 389 g/mol. The molecule has 0 fully saturated rings. The summed E-state index contributed by atoms with van der Waals surface area (Å²) in [5.41, 5.74) is 1.85. The van der Waals surface area contributed by atoms with E-state index in [2.05, 4.69) is 36.8 Å². The molecule has 0 amide bonds. The van der Waals surface area contributed by atoms with Gasteiger partial charge in [-0.25, -0.2) is 4.98 Å². The Labute approximate surface area is 125 Å². The summed E-state index contributed by atoms with van der Waals surface area (Å²) in [7, 11) is 0. The molecule has 1 aromatic heterocycles. The first-order valence-electron chi connectivity index (χ1n) is 5.18. The molecular weight excluding hydrogens is 382 g/mol. The Balaban J connectivity index is 2.18. The van der Waals surface area contributed by atoms with Gasteiger partial charge >= 0.3 is 5.97 Å². The first-order valence-corrected chi connectivity index (χ1v) is 7.64. The second kappa shape index (κ2) is 5.95. The lowest BCUT2D eigenvalue weighted by atomic mass is 10.2. The Bertz CT molecular complexity index is 583. The van der Waals surface area contributed by atoms with E-state index in [1.165, 1.54) is 11.3 Å². The number of nitrogens with zero attached hydrogens (tertiary/aromatic N) is 1. The van der Waals surface area contributed by atoms with E-state index in [0.717, 1.165) is 25.2 Å². The van der Waals surface area contributed by atoms with E-state index in [9.17, 15) is 4.79 Å². The molecule has 0 radical (unpaired) electrons. The molecule has 18 heavy (non-hydrogen) atoms. The van der Waals surface area contributed by atoms with Crippen LogP contribution < -0.4 is 0 Å². The summed E-state index contributed by atoms with van der Waals surface area (Å²) in [6.07, 6.45) is 0.594. The van der Waals surface area contributed by atoms with Crippen molar-refractivity contribution in [2.24, 2.45) is 0 Å². The van der Waals surface area contributed by atoms with Gasteiger partial charge in [0.1, 0.15) is 5.01 Å². The third-order valence-corrected chi connectivity index (χ3v) is 5.13. The highest BCUT2D eigenvalue weighted by molar-refractivity contribution is 9.13. The molecule has 0 atom stereocenters. The number of carboxylic acids is 1. The van der Waals surface area contributed by atoms with Gasteiger partial charge in [-0.15, -0.1) is 11.3 Å². The molecule has 2 rings (SSSR count). The quantitative estimate of drug-likeness (QED) is 0.843. The van der Waals surface area contributed by atoms with Crippen molar-refractivity contribution in [3.8, 4) is 10.6 Å². The van der Waals surface area contributed by atoms with Crippen LogP contribution in [0.3, 0.4) is 0 Å². The minimum Gasteiger partial charge on any atom is -0.481 e. The molecule has 0 bridgehead atoms. The van der Waals surface area contributed by atoms with Crippen LogP contribution in [0.1, 0.15) is 12.1 Å². The Hall–Kier alpha value is -0.720. The van der Waals surface area contributed by atoms with E-state index < -0.39 is 5.97 Å². The lowest BCUT2D eigenvalue weighted by Gasteiger charge is -1.99. The highest BCUT2D eigenvalue weighted by Crippen LogP contribution is 2.30. The summed E-state index contributed by atoms with van der Waals surface area (Å²) in [6.45, 7) is 0. The molecule has 0 aliphatic heterocycles. The molecule has 1 heterocycles. The van der Waals surface area contributed by atoms with Gasteiger partial charge in [-0.1, -0.05) is 6.07 Å². The molecular formula is C12H9Br2NO2S. The molecule has 6 heteroatoms. The molecule has 3 nitrogen and oxygen atoms in total. The van der Waals surface area contributed by atoms with Crippen LogP contribution in [0.5, 0.6) is 0 Å². The van der Waals surface area contributed by atoms with Gasteiger partial charge in [0.05, 0.1) is 12.1 Å². The summed E-state index contributed by atoms with van der Waals surface area (Å²) < 4.78 is 1.97. The van der Waals surface area contributed by atoms with Crippen molar-refractivity contribution >= 4 is 49.2 Å². The second-order valence-electron chi connectivity index (χ2n) is 3.67. The Kier molecular flexibility index (Phi) is 4.53. The average Bonchev–Trinajstić information content (AvgIpc) is 2.79. The third-order valence-electron chi connectivity index (χ3n) is 2.31. The van der Waals surface area contributed by atoms with E-state index >= 15 is 0 Å². The van der Waals surface area contributed by atoms with Crippen LogP contribution in [0.2, 0.25) is 0 Å². The predicted molar refractivity (Wildman–Crippen MR) is 78.9 cm³/mol. The van der Waals surface area contributed by atoms with Gasteiger partial charge in [0.2, 0.25) is 0 Å². The van der Waals surface area contributed by atoms with Crippen LogP contribution in [0.15, 0.2) is 32.5 Å². The van der Waals surface area contributed by atoms with Crippen molar-refractivity contribution in [1.82, 2.24) is 4.98 Å². The van der Waals surface area contributed by atoms with E-state index in [0.29, 0.717) is 6.42 Å². The highest BCUT2D eigenvalue weighted by Gasteiger charge is 2.08. The van der Waals surface area contributed by atoms with Gasteiger partial charge in [-0.2, -0.15) is 0 Å². The maximum atomic E-state index is 10.5. The van der Waals surface area contributed by atoms with Crippen molar-refractivity contribution in [1.29, 1.82) is 0 Å². The van der Waals surface area contributed by atoms with Crippen LogP contribution in [-0.4, -0.2) is 16.1 Å². The number of halogens is 2. The van der Waals surface area contributed by atoms with Gasteiger partial charge in [0, 0.05) is 26.3 Å². The number of aliphatic carboxylic acids is 1. The normalized spacial score (nSPS) is 10.6. The van der Waals surface area contributed by atoms with E-state index in [1.54, 1.807) is 0 Å². The number of hydrogen-bond acceptors (Lipinski definition) is 3. The minimum atomic E-state index is -0.795. The van der Waals surface area contributed by atoms with Gasteiger partial charge < -0.3 is 5.11 Å². The first kappa shape index (κ1) is 13.7. The smallest absolute Gasteiger partial charge is 0.303 e. The zero-order chi connectivity index (χ0) is 13.1. The number of hydrogen-bond donors (Lipinski definition) is 1. The average molecular weight is 391 g/mol. The second-order valence-corrected chi connectivity index (χ2v) is 6.23. The number of carbonyl (C=O) groups is 1. The zero-order valence-corrected chi connectivity index (χ0v) is 13.2. The maximum absolute atomic E-state index is 10.5. The topological polar surface area (TPSA) is 50.2 Å². The summed E-state index contributed by atoms with van der Waals surface area (Å²) in [5, 5.41) is 11.4. The summed E-state index contributed by atoms with van der Waals surface area (Å²) in [5.74, 6) is -0.795. The predicted octanol–water partition coefficient (Wildman–Crippen LogP) is 4.35. The van der Waals surface area contributed by atoms with Crippen LogP contribution in [0, 0.1) is 0 Å². The lowest BCUT2D eigenvalue weighted by molar-refractivity contribution is -0.136. The van der Waals surface area contributed by atoms with Crippen LogP contribution in [0.4, 0.5) is 0 Å². The van der Waals surface area contributed by atoms with Crippen molar-refractivity contribution in [3.05, 3.63) is 38.2 Å². The maximum Gasteiger partial charge on any atom is 0.303 e. The molecule has 0 aliphatic carbocycles. The fourth-order valence-corrected chi connectivity index (χ4v) is 2.90. The Morgan fingerprint density at radius 1 is 1.33 bits per heavy atom. The van der Waals surface area contributed by atoms with Crippen molar-refractivity contribution in [2.75, 3.05) is 0 Å². The van der Waals surface area contributed by atoms with Crippen LogP contribution in [0.25, 0.3) is 10.6 Å². The molecule has 1 N–H and O–H groups in total. The fraction of sp³-hybridized carbons (Fsp3) is 0.167. The van der Waals surface area contributed by atoms with Gasteiger partial charge in [0.15, 0.2) is 0 Å². The summed E-state index contributed by atoms with van der Waals surface area (Å²) in [6, 6.07) is 5.93. The summed E-state index contributed by atoms with van der Waals surface area (Å²) >= 11 is 8.40. The van der Waals surface area contributed by atoms with Gasteiger partial charge in [0.25, 0.3) is 0 Å². The molecule has 0 saturated carbocycles. The summed E-state index contributed by atoms with van der Waals surface area (Å²) in [4.78, 5) is 14.9. The number of carboxylic acid groups (broad SMARTS) is 1. The van der Waals surface area contributed by atoms with Crippen LogP contribution in [-0.2, 0) is 11.2 Å². The van der Waals surface area contributed by atoms with Crippen molar-refractivity contribution in [3.63, 3.8) is 0 Å². The van der Waals surface area contributed by atoms with E-state index in [4.69, 9.17) is 5.11 Å². The molecule has 0 unspecified atom stereocenters. The molecule has 1 aromatic carbocycles. The molecule has 2 aromatic rings. The number of rotatable bonds is 4. The van der Waals surface area contributed by atoms with Gasteiger partial charge in [-0.3, -0.25) is 4.79 Å². The Morgan fingerprint density at radius 2 is 2.11 bits per heavy atom. The SMILES string of the molecule is O=C(O)CCc1csc(-c2ccc(Br)c(Br)c2)n1. The third kappa shape index (κ3) is 3.40. The fourth-order valence-electron chi connectivity index (χ4n) is 1.42.